The van der Waals surface area contributed by atoms with E-state index in [2.05, 4.69) is 10.4 Å². The highest BCUT2D eigenvalue weighted by atomic mass is 32.2. The molecule has 2 fully saturated rings. The van der Waals surface area contributed by atoms with Crippen LogP contribution in [0.25, 0.3) is 0 Å². The molecule has 1 amide bonds. The van der Waals surface area contributed by atoms with E-state index in [1.54, 1.807) is 0 Å². The molecule has 0 aliphatic carbocycles. The smallest absolute Gasteiger partial charge is 0.234 e. The van der Waals surface area contributed by atoms with Gasteiger partial charge in [0.15, 0.2) is 9.84 Å². The molecule has 27 heavy (non-hydrogen) atoms. The highest BCUT2D eigenvalue weighted by molar-refractivity contribution is 7.91. The fourth-order valence-corrected chi connectivity index (χ4v) is 5.60. The Morgan fingerprint density at radius 3 is 2.78 bits per heavy atom. The van der Waals surface area contributed by atoms with Gasteiger partial charge in [-0.25, -0.2) is 8.42 Å². The summed E-state index contributed by atoms with van der Waals surface area (Å²) in [6, 6.07) is -0.0810. The molecule has 1 N–H and O–H groups in total. The van der Waals surface area contributed by atoms with Gasteiger partial charge >= 0.3 is 0 Å². The van der Waals surface area contributed by atoms with Crippen molar-refractivity contribution >= 4 is 15.7 Å². The third-order valence-corrected chi connectivity index (χ3v) is 7.17. The van der Waals surface area contributed by atoms with Gasteiger partial charge in [-0.05, 0) is 40.2 Å². The summed E-state index contributed by atoms with van der Waals surface area (Å²) in [5.74, 6) is 0.379. The number of hydrogen-bond donors (Lipinski definition) is 1. The lowest BCUT2D eigenvalue weighted by molar-refractivity contribution is -0.122. The van der Waals surface area contributed by atoms with Crippen molar-refractivity contribution < 1.29 is 17.9 Å². The monoisotopic (exact) mass is 398 g/mol. The van der Waals surface area contributed by atoms with Gasteiger partial charge in [-0.3, -0.25) is 14.4 Å². The van der Waals surface area contributed by atoms with Gasteiger partial charge in [0.1, 0.15) is 0 Å². The normalized spacial score (nSPS) is 24.6. The summed E-state index contributed by atoms with van der Waals surface area (Å²) in [6.45, 7) is 6.17. The van der Waals surface area contributed by atoms with E-state index in [0.29, 0.717) is 26.1 Å². The van der Waals surface area contributed by atoms with E-state index in [-0.39, 0.29) is 29.6 Å². The second-order valence-corrected chi connectivity index (χ2v) is 9.99. The van der Waals surface area contributed by atoms with Gasteiger partial charge in [-0.1, -0.05) is 0 Å². The van der Waals surface area contributed by atoms with E-state index >= 15 is 0 Å². The molecule has 2 atom stereocenters. The van der Waals surface area contributed by atoms with E-state index in [9.17, 15) is 13.2 Å². The minimum atomic E-state index is -2.95. The van der Waals surface area contributed by atoms with E-state index < -0.39 is 9.84 Å². The van der Waals surface area contributed by atoms with Crippen LogP contribution < -0.4 is 5.32 Å². The van der Waals surface area contributed by atoms with Crippen molar-refractivity contribution in [2.24, 2.45) is 0 Å². The topological polar surface area (TPSA) is 93.5 Å². The summed E-state index contributed by atoms with van der Waals surface area (Å²) in [5, 5.41) is 7.52. The predicted octanol–water partition coefficient (Wildman–Crippen LogP) is 0.587. The Morgan fingerprint density at radius 2 is 2.15 bits per heavy atom. The predicted molar refractivity (Wildman–Crippen MR) is 102 cm³/mol. The standard InChI is InChI=1S/C18H30N4O4S/c1-13-17(14(2)22(20-13)15-6-8-27(24,25)12-15)10-21(3)11-18(23)19-9-16-5-4-7-26-16/h15-16H,4-12H2,1-3H3,(H,19,23)/t15-,16+/m1/s1. The zero-order chi connectivity index (χ0) is 19.6. The molecule has 0 bridgehead atoms. The summed E-state index contributed by atoms with van der Waals surface area (Å²) in [7, 11) is -1.05. The SMILES string of the molecule is Cc1nn([C@@H]2CCS(=O)(=O)C2)c(C)c1CN(C)CC(=O)NC[C@@H]1CCCO1. The quantitative estimate of drug-likeness (QED) is 0.722. The minimum Gasteiger partial charge on any atom is -0.376 e. The lowest BCUT2D eigenvalue weighted by Crippen LogP contribution is -2.38. The van der Waals surface area contributed by atoms with Crippen molar-refractivity contribution in [2.75, 3.05) is 38.2 Å². The first-order valence-corrected chi connectivity index (χ1v) is 11.4. The van der Waals surface area contributed by atoms with Crippen LogP contribution in [0.3, 0.4) is 0 Å². The van der Waals surface area contributed by atoms with Crippen LogP contribution in [0, 0.1) is 13.8 Å². The molecule has 152 valence electrons. The van der Waals surface area contributed by atoms with Crippen molar-refractivity contribution in [1.29, 1.82) is 0 Å². The van der Waals surface area contributed by atoms with Crippen LogP contribution in [0.2, 0.25) is 0 Å². The highest BCUT2D eigenvalue weighted by Gasteiger charge is 2.31. The number of aromatic nitrogens is 2. The van der Waals surface area contributed by atoms with Crippen LogP contribution in [0.1, 0.15) is 42.3 Å². The number of nitrogens with one attached hydrogen (secondary N) is 1. The van der Waals surface area contributed by atoms with Gasteiger partial charge in [0.25, 0.3) is 0 Å². The van der Waals surface area contributed by atoms with Crippen molar-refractivity contribution in [3.63, 3.8) is 0 Å². The first-order chi connectivity index (χ1) is 12.7. The third kappa shape index (κ3) is 5.08. The lowest BCUT2D eigenvalue weighted by atomic mass is 10.1. The number of rotatable bonds is 7. The Bertz CT molecular complexity index is 784. The molecule has 3 rings (SSSR count). The van der Waals surface area contributed by atoms with Gasteiger partial charge in [0.05, 0.1) is 35.9 Å². The van der Waals surface area contributed by atoms with E-state index in [0.717, 1.165) is 36.4 Å². The Hall–Kier alpha value is -1.45. The van der Waals surface area contributed by atoms with Crippen LogP contribution in [0.5, 0.6) is 0 Å². The molecule has 0 spiro atoms. The Morgan fingerprint density at radius 1 is 1.37 bits per heavy atom. The molecule has 2 aliphatic rings. The maximum absolute atomic E-state index is 12.2. The first-order valence-electron chi connectivity index (χ1n) is 9.57. The van der Waals surface area contributed by atoms with Crippen LogP contribution >= 0.6 is 0 Å². The summed E-state index contributed by atoms with van der Waals surface area (Å²) in [6.07, 6.45) is 2.82. The van der Waals surface area contributed by atoms with Crippen molar-refractivity contribution in [3.05, 3.63) is 17.0 Å². The number of amides is 1. The number of ether oxygens (including phenoxy) is 1. The van der Waals surface area contributed by atoms with Gasteiger partial charge in [-0.15, -0.1) is 0 Å². The van der Waals surface area contributed by atoms with Crippen LogP contribution in [0.4, 0.5) is 0 Å². The largest absolute Gasteiger partial charge is 0.376 e. The summed E-state index contributed by atoms with van der Waals surface area (Å²) < 4.78 is 30.9. The molecule has 1 aromatic rings. The summed E-state index contributed by atoms with van der Waals surface area (Å²) in [4.78, 5) is 14.1. The molecule has 1 aromatic heterocycles. The molecular weight excluding hydrogens is 368 g/mol. The van der Waals surface area contributed by atoms with E-state index in [4.69, 9.17) is 4.74 Å². The maximum atomic E-state index is 12.2. The van der Waals surface area contributed by atoms with Crippen LogP contribution in [-0.2, 0) is 25.9 Å². The number of nitrogens with zero attached hydrogens (tertiary/aromatic N) is 3. The number of carbonyl (C=O) groups excluding carboxylic acids is 1. The molecule has 2 aliphatic heterocycles. The van der Waals surface area contributed by atoms with E-state index in [1.807, 2.05) is 30.5 Å². The second-order valence-electron chi connectivity index (χ2n) is 7.76. The Balaban J connectivity index is 1.56. The maximum Gasteiger partial charge on any atom is 0.234 e. The fourth-order valence-electron chi connectivity index (χ4n) is 3.91. The number of aryl methyl sites for hydroxylation is 1. The van der Waals surface area contributed by atoms with Gasteiger partial charge in [-0.2, -0.15) is 5.10 Å². The van der Waals surface area contributed by atoms with Crippen LogP contribution in [0.15, 0.2) is 0 Å². The molecular formula is C18H30N4O4S. The molecule has 9 heteroatoms. The number of hydrogen-bond acceptors (Lipinski definition) is 6. The fraction of sp³-hybridized carbons (Fsp3) is 0.778. The molecule has 3 heterocycles. The molecule has 0 unspecified atom stereocenters. The number of likely N-dealkylation sites (N-methyl/N-ethyl adjacent to an activating group) is 1. The van der Waals surface area contributed by atoms with Crippen LogP contribution in [-0.4, -0.2) is 73.4 Å². The first kappa shape index (κ1) is 20.3. The Labute approximate surface area is 161 Å². The number of carbonyl (C=O) groups is 1. The van der Waals surface area contributed by atoms with Crippen molar-refractivity contribution in [2.45, 2.75) is 51.8 Å². The molecule has 0 aromatic carbocycles. The third-order valence-electron chi connectivity index (χ3n) is 5.42. The minimum absolute atomic E-state index is 0.0161. The summed E-state index contributed by atoms with van der Waals surface area (Å²) in [5.41, 5.74) is 2.94. The van der Waals surface area contributed by atoms with Crippen molar-refractivity contribution in [1.82, 2.24) is 20.0 Å². The molecule has 8 nitrogen and oxygen atoms in total. The van der Waals surface area contributed by atoms with Gasteiger partial charge in [0.2, 0.25) is 5.91 Å². The zero-order valence-electron chi connectivity index (χ0n) is 16.4. The van der Waals surface area contributed by atoms with Gasteiger partial charge in [0, 0.05) is 31.0 Å². The highest BCUT2D eigenvalue weighted by Crippen LogP contribution is 2.27. The lowest BCUT2D eigenvalue weighted by Gasteiger charge is -2.18. The zero-order valence-corrected chi connectivity index (χ0v) is 17.2. The number of sulfone groups is 1. The molecule has 2 saturated heterocycles. The average Bonchev–Trinajstić information content (AvgIpc) is 3.29. The molecule has 0 radical (unpaired) electrons. The van der Waals surface area contributed by atoms with E-state index in [1.165, 1.54) is 0 Å². The van der Waals surface area contributed by atoms with Crippen molar-refractivity contribution in [3.8, 4) is 0 Å². The van der Waals surface area contributed by atoms with Gasteiger partial charge < -0.3 is 10.1 Å². The molecule has 0 saturated carbocycles. The second kappa shape index (κ2) is 8.28. The average molecular weight is 399 g/mol. The summed E-state index contributed by atoms with van der Waals surface area (Å²) >= 11 is 0. The Kier molecular flexibility index (Phi) is 6.22.